The van der Waals surface area contributed by atoms with Gasteiger partial charge < -0.3 is 5.32 Å². The van der Waals surface area contributed by atoms with Crippen molar-refractivity contribution in [2.75, 3.05) is 0 Å². The molecular formula is C14H17N3O. The predicted octanol–water partition coefficient (Wildman–Crippen LogP) is 2.47. The molecule has 4 nitrogen and oxygen atoms in total. The smallest absolute Gasteiger partial charge is 0.270 e. The molecule has 0 bridgehead atoms. The van der Waals surface area contributed by atoms with Crippen LogP contribution in [0.5, 0.6) is 0 Å². The number of aromatic nitrogens is 2. The summed E-state index contributed by atoms with van der Waals surface area (Å²) in [5, 5.41) is 3.73. The van der Waals surface area contributed by atoms with Crippen LogP contribution >= 0.6 is 0 Å². The first kappa shape index (κ1) is 12.5. The molecule has 94 valence electrons. The maximum atomic E-state index is 12.2. The Hall–Kier alpha value is -1.97. The number of carbonyl (C=O) groups is 1. The quantitative estimate of drug-likeness (QED) is 0.901. The highest BCUT2D eigenvalue weighted by Gasteiger charge is 2.14. The monoisotopic (exact) mass is 243 g/mol. The Kier molecular flexibility index (Phi) is 3.55. The van der Waals surface area contributed by atoms with E-state index >= 15 is 0 Å². The zero-order valence-electron chi connectivity index (χ0n) is 10.9. The third-order valence-electron chi connectivity index (χ3n) is 2.92. The molecule has 1 aromatic heterocycles. The van der Waals surface area contributed by atoms with Gasteiger partial charge in [0.25, 0.3) is 5.91 Å². The molecule has 0 aliphatic heterocycles. The van der Waals surface area contributed by atoms with Crippen molar-refractivity contribution in [3.05, 3.63) is 35.8 Å². The standard InChI is InChI=1S/C14H17N3O/c1-4-9(2)15-14(18)13-11-7-5-6-8-12(11)16-10(3)17-13/h5-9H,4H2,1-3H3,(H,15,18). The van der Waals surface area contributed by atoms with Crippen LogP contribution in [-0.4, -0.2) is 21.9 Å². The number of hydrogen-bond donors (Lipinski definition) is 1. The number of hydrogen-bond acceptors (Lipinski definition) is 3. The number of amides is 1. The van der Waals surface area contributed by atoms with Crippen molar-refractivity contribution < 1.29 is 4.79 Å². The van der Waals surface area contributed by atoms with Crippen LogP contribution in [0.15, 0.2) is 24.3 Å². The van der Waals surface area contributed by atoms with Gasteiger partial charge in [-0.05, 0) is 26.3 Å². The number of rotatable bonds is 3. The Morgan fingerprint density at radius 3 is 2.78 bits per heavy atom. The van der Waals surface area contributed by atoms with Crippen LogP contribution in [0.4, 0.5) is 0 Å². The molecule has 4 heteroatoms. The first-order valence-corrected chi connectivity index (χ1v) is 6.16. The summed E-state index contributed by atoms with van der Waals surface area (Å²) in [6.45, 7) is 5.81. The molecular weight excluding hydrogens is 226 g/mol. The lowest BCUT2D eigenvalue weighted by Gasteiger charge is -2.12. The number of nitrogens with zero attached hydrogens (tertiary/aromatic N) is 2. The van der Waals surface area contributed by atoms with Gasteiger partial charge in [-0.25, -0.2) is 9.97 Å². The number of aryl methyl sites for hydroxylation is 1. The van der Waals surface area contributed by atoms with Gasteiger partial charge in [-0.1, -0.05) is 25.1 Å². The second-order valence-corrected chi connectivity index (χ2v) is 4.42. The average Bonchev–Trinajstić information content (AvgIpc) is 2.37. The topological polar surface area (TPSA) is 54.9 Å². The average molecular weight is 243 g/mol. The molecule has 0 saturated carbocycles. The number of fused-ring (bicyclic) bond motifs is 1. The van der Waals surface area contributed by atoms with Gasteiger partial charge >= 0.3 is 0 Å². The summed E-state index contributed by atoms with van der Waals surface area (Å²) in [6.07, 6.45) is 0.897. The van der Waals surface area contributed by atoms with Crippen molar-refractivity contribution in [2.45, 2.75) is 33.2 Å². The van der Waals surface area contributed by atoms with E-state index in [4.69, 9.17) is 0 Å². The maximum absolute atomic E-state index is 12.2. The second-order valence-electron chi connectivity index (χ2n) is 4.42. The normalized spacial score (nSPS) is 12.4. The first-order valence-electron chi connectivity index (χ1n) is 6.16. The van der Waals surface area contributed by atoms with Crippen LogP contribution in [0.3, 0.4) is 0 Å². The van der Waals surface area contributed by atoms with Crippen LogP contribution in [0.2, 0.25) is 0 Å². The largest absolute Gasteiger partial charge is 0.348 e. The van der Waals surface area contributed by atoms with E-state index in [0.717, 1.165) is 17.3 Å². The Labute approximate surface area is 106 Å². The Balaban J connectivity index is 2.46. The summed E-state index contributed by atoms with van der Waals surface area (Å²) in [6, 6.07) is 7.71. The molecule has 0 spiro atoms. The van der Waals surface area contributed by atoms with Gasteiger partial charge in [0.15, 0.2) is 0 Å². The molecule has 0 aliphatic carbocycles. The van der Waals surface area contributed by atoms with E-state index in [0.29, 0.717) is 11.5 Å². The summed E-state index contributed by atoms with van der Waals surface area (Å²) in [4.78, 5) is 20.8. The molecule has 1 N–H and O–H groups in total. The van der Waals surface area contributed by atoms with Gasteiger partial charge in [0.1, 0.15) is 11.5 Å². The Morgan fingerprint density at radius 2 is 2.06 bits per heavy atom. The van der Waals surface area contributed by atoms with Crippen molar-refractivity contribution in [1.29, 1.82) is 0 Å². The third kappa shape index (κ3) is 2.47. The summed E-state index contributed by atoms with van der Waals surface area (Å²) in [5.74, 6) is 0.481. The molecule has 0 fully saturated rings. The molecule has 18 heavy (non-hydrogen) atoms. The molecule has 1 unspecified atom stereocenters. The van der Waals surface area contributed by atoms with Crippen LogP contribution < -0.4 is 5.32 Å². The highest BCUT2D eigenvalue weighted by molar-refractivity contribution is 6.04. The Morgan fingerprint density at radius 1 is 1.33 bits per heavy atom. The molecule has 1 atom stereocenters. The van der Waals surface area contributed by atoms with E-state index in [1.807, 2.05) is 38.1 Å². The van der Waals surface area contributed by atoms with Crippen LogP contribution in [0, 0.1) is 6.92 Å². The molecule has 1 amide bonds. The zero-order valence-corrected chi connectivity index (χ0v) is 10.9. The number of nitrogens with one attached hydrogen (secondary N) is 1. The van der Waals surface area contributed by atoms with Gasteiger partial charge in [0.2, 0.25) is 0 Å². The highest BCUT2D eigenvalue weighted by Crippen LogP contribution is 2.15. The van der Waals surface area contributed by atoms with Crippen molar-refractivity contribution in [1.82, 2.24) is 15.3 Å². The molecule has 1 aromatic carbocycles. The van der Waals surface area contributed by atoms with E-state index < -0.39 is 0 Å². The second kappa shape index (κ2) is 5.12. The fourth-order valence-corrected chi connectivity index (χ4v) is 1.76. The van der Waals surface area contributed by atoms with Gasteiger partial charge in [-0.3, -0.25) is 4.79 Å². The minimum absolute atomic E-state index is 0.133. The molecule has 2 rings (SSSR count). The van der Waals surface area contributed by atoms with E-state index in [2.05, 4.69) is 15.3 Å². The molecule has 1 heterocycles. The van der Waals surface area contributed by atoms with Crippen molar-refractivity contribution >= 4 is 16.8 Å². The SMILES string of the molecule is CCC(C)NC(=O)c1nc(C)nc2ccccc12. The van der Waals surface area contributed by atoms with Crippen LogP contribution in [-0.2, 0) is 0 Å². The summed E-state index contributed by atoms with van der Waals surface area (Å²) >= 11 is 0. The van der Waals surface area contributed by atoms with E-state index in [-0.39, 0.29) is 11.9 Å². The van der Waals surface area contributed by atoms with Crippen molar-refractivity contribution in [3.63, 3.8) is 0 Å². The summed E-state index contributed by atoms with van der Waals surface area (Å²) in [7, 11) is 0. The van der Waals surface area contributed by atoms with E-state index in [9.17, 15) is 4.79 Å². The number of benzene rings is 1. The zero-order chi connectivity index (χ0) is 13.1. The van der Waals surface area contributed by atoms with Gasteiger partial charge in [0, 0.05) is 11.4 Å². The van der Waals surface area contributed by atoms with Gasteiger partial charge in [0.05, 0.1) is 5.52 Å². The van der Waals surface area contributed by atoms with Crippen LogP contribution in [0.1, 0.15) is 36.6 Å². The minimum Gasteiger partial charge on any atom is -0.348 e. The van der Waals surface area contributed by atoms with Crippen molar-refractivity contribution in [2.24, 2.45) is 0 Å². The predicted molar refractivity (Wildman–Crippen MR) is 71.5 cm³/mol. The molecule has 0 radical (unpaired) electrons. The van der Waals surface area contributed by atoms with Crippen LogP contribution in [0.25, 0.3) is 10.9 Å². The molecule has 2 aromatic rings. The first-order chi connectivity index (χ1) is 8.61. The summed E-state index contributed by atoms with van der Waals surface area (Å²) < 4.78 is 0. The maximum Gasteiger partial charge on any atom is 0.270 e. The fourth-order valence-electron chi connectivity index (χ4n) is 1.76. The number of para-hydroxylation sites is 1. The number of carbonyl (C=O) groups excluding carboxylic acids is 1. The van der Waals surface area contributed by atoms with E-state index in [1.54, 1.807) is 6.92 Å². The van der Waals surface area contributed by atoms with Crippen molar-refractivity contribution in [3.8, 4) is 0 Å². The Bertz CT molecular complexity index is 580. The van der Waals surface area contributed by atoms with Gasteiger partial charge in [-0.2, -0.15) is 0 Å². The third-order valence-corrected chi connectivity index (χ3v) is 2.92. The minimum atomic E-state index is -0.133. The van der Waals surface area contributed by atoms with Gasteiger partial charge in [-0.15, -0.1) is 0 Å². The fraction of sp³-hybridized carbons (Fsp3) is 0.357. The highest BCUT2D eigenvalue weighted by atomic mass is 16.1. The van der Waals surface area contributed by atoms with E-state index in [1.165, 1.54) is 0 Å². The lowest BCUT2D eigenvalue weighted by molar-refractivity contribution is 0.0935. The lowest BCUT2D eigenvalue weighted by atomic mass is 10.1. The lowest BCUT2D eigenvalue weighted by Crippen LogP contribution is -2.32. The molecule has 0 aliphatic rings. The molecule has 0 saturated heterocycles. The summed E-state index contributed by atoms with van der Waals surface area (Å²) in [5.41, 5.74) is 1.26.